The molecule has 0 aromatic heterocycles. The van der Waals surface area contributed by atoms with Crippen LogP contribution < -0.4 is 20.2 Å². The fourth-order valence-corrected chi connectivity index (χ4v) is 3.72. The van der Waals surface area contributed by atoms with Gasteiger partial charge in [-0.05, 0) is 40.6 Å². The Morgan fingerprint density at radius 2 is 1.74 bits per heavy atom. The maximum Gasteiger partial charge on any atom is 0.356 e. The molecule has 0 heterocycles. The van der Waals surface area contributed by atoms with Crippen molar-refractivity contribution in [1.29, 1.82) is 0 Å². The number of hydrogen-bond donors (Lipinski definition) is 3. The molecule has 4 N–H and O–H groups in total. The molecule has 140 valence electrons. The SMILES string of the molecule is COc1ccc(CC[NH+]=C(N)NS(=O)(=O)c2ccc3ccccc3c2)cc1. The van der Waals surface area contributed by atoms with Gasteiger partial charge in [0.2, 0.25) is 0 Å². The Morgan fingerprint density at radius 1 is 1.04 bits per heavy atom. The summed E-state index contributed by atoms with van der Waals surface area (Å²) in [6.45, 7) is 0.498. The molecule has 3 aromatic rings. The highest BCUT2D eigenvalue weighted by molar-refractivity contribution is 7.90. The van der Waals surface area contributed by atoms with Crippen LogP contribution in [0.15, 0.2) is 71.6 Å². The van der Waals surface area contributed by atoms with Gasteiger partial charge >= 0.3 is 16.0 Å². The second kappa shape index (κ2) is 8.09. The van der Waals surface area contributed by atoms with Gasteiger partial charge in [-0.25, -0.2) is 0 Å². The minimum atomic E-state index is -3.75. The van der Waals surface area contributed by atoms with E-state index in [0.29, 0.717) is 13.0 Å². The minimum Gasteiger partial charge on any atom is -0.497 e. The zero-order valence-electron chi connectivity index (χ0n) is 15.0. The molecule has 0 atom stereocenters. The maximum atomic E-state index is 12.5. The molecule has 0 unspecified atom stereocenters. The number of fused-ring (bicyclic) bond motifs is 1. The Kier molecular flexibility index (Phi) is 5.61. The third-order valence-electron chi connectivity index (χ3n) is 4.16. The van der Waals surface area contributed by atoms with Crippen molar-refractivity contribution >= 4 is 26.8 Å². The van der Waals surface area contributed by atoms with Gasteiger partial charge in [-0.15, -0.1) is 0 Å². The van der Waals surface area contributed by atoms with Gasteiger partial charge in [0.25, 0.3) is 0 Å². The highest BCUT2D eigenvalue weighted by Gasteiger charge is 2.19. The fraction of sp³-hybridized carbons (Fsp3) is 0.150. The van der Waals surface area contributed by atoms with E-state index in [-0.39, 0.29) is 10.9 Å². The van der Waals surface area contributed by atoms with Crippen molar-refractivity contribution < 1.29 is 18.1 Å². The van der Waals surface area contributed by atoms with Crippen LogP contribution >= 0.6 is 0 Å². The molecule has 6 nitrogen and oxygen atoms in total. The molecule has 0 spiro atoms. The van der Waals surface area contributed by atoms with Crippen LogP contribution in [0, 0.1) is 0 Å². The van der Waals surface area contributed by atoms with E-state index in [1.54, 1.807) is 25.3 Å². The van der Waals surface area contributed by atoms with Crippen LogP contribution in [0.5, 0.6) is 5.75 Å². The summed E-state index contributed by atoms with van der Waals surface area (Å²) >= 11 is 0. The highest BCUT2D eigenvalue weighted by atomic mass is 32.2. The Balaban J connectivity index is 1.65. The Hall–Kier alpha value is -3.06. The summed E-state index contributed by atoms with van der Waals surface area (Å²) < 4.78 is 32.5. The molecule has 0 aliphatic rings. The van der Waals surface area contributed by atoms with Crippen LogP contribution in [-0.2, 0) is 16.4 Å². The van der Waals surface area contributed by atoms with Crippen LogP contribution in [0.1, 0.15) is 5.56 Å². The van der Waals surface area contributed by atoms with Crippen LogP contribution in [0.25, 0.3) is 10.8 Å². The van der Waals surface area contributed by atoms with Crippen molar-refractivity contribution in [1.82, 2.24) is 4.72 Å². The molecule has 0 bridgehead atoms. The lowest BCUT2D eigenvalue weighted by Gasteiger charge is -2.05. The number of guanidine groups is 1. The quantitative estimate of drug-likeness (QED) is 0.432. The summed E-state index contributed by atoms with van der Waals surface area (Å²) in [4.78, 5) is 3.06. The smallest absolute Gasteiger partial charge is 0.356 e. The molecule has 0 aliphatic carbocycles. The lowest BCUT2D eigenvalue weighted by molar-refractivity contribution is -0.459. The van der Waals surface area contributed by atoms with E-state index >= 15 is 0 Å². The van der Waals surface area contributed by atoms with Gasteiger partial charge in [0, 0.05) is 6.42 Å². The Bertz CT molecular complexity index is 1060. The van der Waals surface area contributed by atoms with Gasteiger partial charge in [-0.1, -0.05) is 42.5 Å². The normalized spacial score (nSPS) is 12.1. The molecule has 0 fully saturated rings. The summed E-state index contributed by atoms with van der Waals surface area (Å²) in [5.41, 5.74) is 6.91. The predicted octanol–water partition coefficient (Wildman–Crippen LogP) is 0.765. The third-order valence-corrected chi connectivity index (χ3v) is 5.53. The first-order valence-corrected chi connectivity index (χ1v) is 9.97. The van der Waals surface area contributed by atoms with Gasteiger partial charge in [0.1, 0.15) is 10.6 Å². The van der Waals surface area contributed by atoms with Crippen LogP contribution in [-0.4, -0.2) is 28.0 Å². The first-order valence-electron chi connectivity index (χ1n) is 8.49. The molecular weight excluding hydrogens is 362 g/mol. The van der Waals surface area contributed by atoms with E-state index in [1.807, 2.05) is 48.5 Å². The number of ether oxygens (including phenoxy) is 1. The standard InChI is InChI=1S/C20H21N3O3S/c1-26-18-9-6-15(7-10-18)12-13-22-20(21)23-27(24,25)19-11-8-16-4-2-3-5-17(16)14-19/h2-11,14H,12-13H2,1H3,(H3,21,22,23)/p+1. The van der Waals surface area contributed by atoms with Crippen molar-refractivity contribution in [3.63, 3.8) is 0 Å². The van der Waals surface area contributed by atoms with Gasteiger partial charge in [-0.2, -0.15) is 13.1 Å². The highest BCUT2D eigenvalue weighted by Crippen LogP contribution is 2.18. The van der Waals surface area contributed by atoms with Crippen molar-refractivity contribution in [2.75, 3.05) is 13.7 Å². The number of nitrogens with two attached hydrogens (primary N) is 1. The molecule has 0 saturated heterocycles. The van der Waals surface area contributed by atoms with E-state index < -0.39 is 10.0 Å². The number of hydrogen-bond acceptors (Lipinski definition) is 3. The molecule has 0 aliphatic heterocycles. The number of rotatable bonds is 6. The molecule has 0 radical (unpaired) electrons. The zero-order chi connectivity index (χ0) is 19.3. The molecule has 0 amide bonds. The fourth-order valence-electron chi connectivity index (χ4n) is 2.71. The Morgan fingerprint density at radius 3 is 2.44 bits per heavy atom. The first kappa shape index (κ1) is 18.7. The molecule has 3 rings (SSSR count). The largest absolute Gasteiger partial charge is 0.497 e. The van der Waals surface area contributed by atoms with Gasteiger partial charge in [0.15, 0.2) is 0 Å². The van der Waals surface area contributed by atoms with Gasteiger partial charge in [-0.3, -0.25) is 10.7 Å². The third kappa shape index (κ3) is 4.77. The van der Waals surface area contributed by atoms with Crippen LogP contribution in [0.2, 0.25) is 0 Å². The van der Waals surface area contributed by atoms with Crippen LogP contribution in [0.3, 0.4) is 0 Å². The van der Waals surface area contributed by atoms with Crippen molar-refractivity contribution in [2.45, 2.75) is 11.3 Å². The van der Waals surface area contributed by atoms with E-state index in [1.165, 1.54) is 0 Å². The number of sulfonamides is 1. The molecule has 0 saturated carbocycles. The van der Waals surface area contributed by atoms with E-state index in [4.69, 9.17) is 10.5 Å². The molecule has 7 heteroatoms. The van der Waals surface area contributed by atoms with Crippen molar-refractivity contribution in [3.8, 4) is 5.75 Å². The lowest BCUT2D eigenvalue weighted by Crippen LogP contribution is -2.79. The summed E-state index contributed by atoms with van der Waals surface area (Å²) in [5.74, 6) is 0.789. The van der Waals surface area contributed by atoms with Gasteiger partial charge in [0.05, 0.1) is 13.7 Å². The molecular formula is C20H22N3O3S+. The van der Waals surface area contributed by atoms with E-state index in [2.05, 4.69) is 9.71 Å². The predicted molar refractivity (Wildman–Crippen MR) is 106 cm³/mol. The summed E-state index contributed by atoms with van der Waals surface area (Å²) in [7, 11) is -2.13. The number of benzene rings is 3. The van der Waals surface area contributed by atoms with Crippen molar-refractivity contribution in [3.05, 3.63) is 72.3 Å². The maximum absolute atomic E-state index is 12.5. The second-order valence-electron chi connectivity index (χ2n) is 6.05. The van der Waals surface area contributed by atoms with Crippen molar-refractivity contribution in [2.24, 2.45) is 5.73 Å². The number of methoxy groups -OCH3 is 1. The second-order valence-corrected chi connectivity index (χ2v) is 7.74. The molecule has 27 heavy (non-hydrogen) atoms. The average Bonchev–Trinajstić information content (AvgIpc) is 2.67. The van der Waals surface area contributed by atoms with Gasteiger partial charge < -0.3 is 4.74 Å². The number of nitrogens with one attached hydrogen (secondary N) is 2. The first-order chi connectivity index (χ1) is 13.0. The summed E-state index contributed by atoms with van der Waals surface area (Å²) in [6.07, 6.45) is 0.697. The molecule has 3 aromatic carbocycles. The van der Waals surface area contributed by atoms with Crippen LogP contribution in [0.4, 0.5) is 0 Å². The van der Waals surface area contributed by atoms with E-state index in [9.17, 15) is 8.42 Å². The monoisotopic (exact) mass is 384 g/mol. The zero-order valence-corrected chi connectivity index (χ0v) is 15.8. The summed E-state index contributed by atoms with van der Waals surface area (Å²) in [5, 5.41) is 1.83. The average molecular weight is 384 g/mol. The topological polar surface area (TPSA) is 95.4 Å². The lowest BCUT2D eigenvalue weighted by atomic mass is 10.1. The van der Waals surface area contributed by atoms with E-state index in [0.717, 1.165) is 22.1 Å². The Labute approximate surface area is 158 Å². The minimum absolute atomic E-state index is 0.00308. The summed E-state index contributed by atoms with van der Waals surface area (Å²) in [6, 6.07) is 20.2.